The number of nitrogens with zero attached hydrogens (tertiary/aromatic N) is 2. The monoisotopic (exact) mass is 323 g/mol. The van der Waals surface area contributed by atoms with E-state index in [9.17, 15) is 4.79 Å². The Morgan fingerprint density at radius 1 is 1.21 bits per heavy atom. The van der Waals surface area contributed by atoms with Gasteiger partial charge in [-0.25, -0.2) is 0 Å². The van der Waals surface area contributed by atoms with Gasteiger partial charge >= 0.3 is 0 Å². The van der Waals surface area contributed by atoms with Gasteiger partial charge in [-0.1, -0.05) is 29.8 Å². The highest BCUT2D eigenvalue weighted by Gasteiger charge is 2.21. The minimum absolute atomic E-state index is 0.0661. The summed E-state index contributed by atoms with van der Waals surface area (Å²) in [4.78, 5) is 18.8. The molecular weight excluding hydrogens is 298 g/mol. The Morgan fingerprint density at radius 2 is 2.00 bits per heavy atom. The zero-order chi connectivity index (χ0) is 16.9. The largest absolute Gasteiger partial charge is 0.348 e. The van der Waals surface area contributed by atoms with Crippen LogP contribution in [-0.4, -0.2) is 34.9 Å². The first-order valence-electron chi connectivity index (χ1n) is 8.62. The van der Waals surface area contributed by atoms with Crippen LogP contribution in [0, 0.1) is 13.8 Å². The van der Waals surface area contributed by atoms with Crippen LogP contribution >= 0.6 is 0 Å². The SMILES string of the molecule is Cc1ccc(C)c(CN2CCC(NC(=O)c3ccccn3)CC2)c1. The lowest BCUT2D eigenvalue weighted by Crippen LogP contribution is -2.44. The van der Waals surface area contributed by atoms with Gasteiger partial charge in [-0.3, -0.25) is 14.7 Å². The van der Waals surface area contributed by atoms with E-state index in [-0.39, 0.29) is 11.9 Å². The van der Waals surface area contributed by atoms with E-state index in [2.05, 4.69) is 47.2 Å². The van der Waals surface area contributed by atoms with E-state index >= 15 is 0 Å². The number of hydrogen-bond acceptors (Lipinski definition) is 3. The first-order valence-corrected chi connectivity index (χ1v) is 8.62. The van der Waals surface area contributed by atoms with Crippen LogP contribution in [0.3, 0.4) is 0 Å². The molecule has 1 aromatic carbocycles. The van der Waals surface area contributed by atoms with Crippen LogP contribution in [0.25, 0.3) is 0 Å². The molecule has 0 unspecified atom stereocenters. The summed E-state index contributed by atoms with van der Waals surface area (Å²) in [5.41, 5.74) is 4.57. The molecular formula is C20H25N3O. The highest BCUT2D eigenvalue weighted by atomic mass is 16.1. The van der Waals surface area contributed by atoms with E-state index in [0.717, 1.165) is 32.5 Å². The van der Waals surface area contributed by atoms with Gasteiger partial charge < -0.3 is 5.32 Å². The number of carbonyl (C=O) groups excluding carboxylic acids is 1. The summed E-state index contributed by atoms with van der Waals surface area (Å²) in [6, 6.07) is 12.3. The minimum atomic E-state index is -0.0661. The van der Waals surface area contributed by atoms with Gasteiger partial charge in [-0.15, -0.1) is 0 Å². The highest BCUT2D eigenvalue weighted by molar-refractivity contribution is 5.92. The van der Waals surface area contributed by atoms with Gasteiger partial charge in [0.2, 0.25) is 0 Å². The molecule has 2 aromatic rings. The summed E-state index contributed by atoms with van der Waals surface area (Å²) in [6.45, 7) is 7.34. The molecule has 1 amide bonds. The third-order valence-electron chi connectivity index (χ3n) is 4.72. The molecule has 4 nitrogen and oxygen atoms in total. The van der Waals surface area contributed by atoms with Crippen molar-refractivity contribution in [3.63, 3.8) is 0 Å². The third kappa shape index (κ3) is 4.20. The molecule has 0 radical (unpaired) electrons. The number of aromatic nitrogens is 1. The van der Waals surface area contributed by atoms with Crippen LogP contribution in [0.5, 0.6) is 0 Å². The van der Waals surface area contributed by atoms with Crippen molar-refractivity contribution in [1.29, 1.82) is 0 Å². The fourth-order valence-electron chi connectivity index (χ4n) is 3.20. The van der Waals surface area contributed by atoms with Crippen LogP contribution in [0.1, 0.15) is 40.0 Å². The summed E-state index contributed by atoms with van der Waals surface area (Å²) in [7, 11) is 0. The maximum atomic E-state index is 12.2. The van der Waals surface area contributed by atoms with Crippen molar-refractivity contribution in [3.05, 3.63) is 65.0 Å². The fourth-order valence-corrected chi connectivity index (χ4v) is 3.20. The predicted octanol–water partition coefficient (Wildman–Crippen LogP) is 3.09. The van der Waals surface area contributed by atoms with Gasteiger partial charge in [0.15, 0.2) is 0 Å². The number of nitrogens with one attached hydrogen (secondary N) is 1. The number of piperidine rings is 1. The molecule has 2 heterocycles. The number of benzene rings is 1. The molecule has 1 saturated heterocycles. The molecule has 1 aliphatic rings. The molecule has 0 atom stereocenters. The lowest BCUT2D eigenvalue weighted by Gasteiger charge is -2.32. The van der Waals surface area contributed by atoms with Gasteiger partial charge in [0.25, 0.3) is 5.91 Å². The molecule has 126 valence electrons. The summed E-state index contributed by atoms with van der Waals surface area (Å²) in [5.74, 6) is -0.0661. The Bertz CT molecular complexity index is 691. The summed E-state index contributed by atoms with van der Waals surface area (Å²) in [5, 5.41) is 3.11. The van der Waals surface area contributed by atoms with Crippen molar-refractivity contribution >= 4 is 5.91 Å². The Kier molecular flexibility index (Phi) is 5.26. The number of likely N-dealkylation sites (tertiary alicyclic amines) is 1. The average molecular weight is 323 g/mol. The number of hydrogen-bond donors (Lipinski definition) is 1. The zero-order valence-electron chi connectivity index (χ0n) is 14.5. The highest BCUT2D eigenvalue weighted by Crippen LogP contribution is 2.17. The second-order valence-electron chi connectivity index (χ2n) is 6.67. The maximum absolute atomic E-state index is 12.2. The predicted molar refractivity (Wildman–Crippen MR) is 95.9 cm³/mol. The van der Waals surface area contributed by atoms with Gasteiger partial charge in [0.1, 0.15) is 5.69 Å². The lowest BCUT2D eigenvalue weighted by atomic mass is 10.0. The van der Waals surface area contributed by atoms with Crippen molar-refractivity contribution < 1.29 is 4.79 Å². The van der Waals surface area contributed by atoms with E-state index in [4.69, 9.17) is 0 Å². The molecule has 3 rings (SSSR count). The Balaban J connectivity index is 1.51. The van der Waals surface area contributed by atoms with E-state index in [0.29, 0.717) is 5.69 Å². The molecule has 0 saturated carbocycles. The Labute approximate surface area is 143 Å². The van der Waals surface area contributed by atoms with E-state index in [1.807, 2.05) is 12.1 Å². The molecule has 1 N–H and O–H groups in total. The van der Waals surface area contributed by atoms with Crippen LogP contribution < -0.4 is 5.32 Å². The smallest absolute Gasteiger partial charge is 0.270 e. The number of pyridine rings is 1. The van der Waals surface area contributed by atoms with Crippen LogP contribution in [-0.2, 0) is 6.54 Å². The number of rotatable bonds is 4. The zero-order valence-corrected chi connectivity index (χ0v) is 14.5. The van der Waals surface area contributed by atoms with Gasteiger partial charge in [0, 0.05) is 31.9 Å². The molecule has 0 aliphatic carbocycles. The van der Waals surface area contributed by atoms with Crippen LogP contribution in [0.4, 0.5) is 0 Å². The van der Waals surface area contributed by atoms with Gasteiger partial charge in [-0.2, -0.15) is 0 Å². The first kappa shape index (κ1) is 16.7. The molecule has 1 aromatic heterocycles. The van der Waals surface area contributed by atoms with E-state index in [1.54, 1.807) is 12.3 Å². The fraction of sp³-hybridized carbons (Fsp3) is 0.400. The number of carbonyl (C=O) groups is 1. The van der Waals surface area contributed by atoms with Crippen molar-refractivity contribution in [2.24, 2.45) is 0 Å². The topological polar surface area (TPSA) is 45.2 Å². The van der Waals surface area contributed by atoms with Crippen molar-refractivity contribution in [1.82, 2.24) is 15.2 Å². The second-order valence-corrected chi connectivity index (χ2v) is 6.67. The van der Waals surface area contributed by atoms with Gasteiger partial charge in [0.05, 0.1) is 0 Å². The van der Waals surface area contributed by atoms with Crippen molar-refractivity contribution in [2.45, 2.75) is 39.3 Å². The second kappa shape index (κ2) is 7.58. The van der Waals surface area contributed by atoms with E-state index in [1.165, 1.54) is 16.7 Å². The molecule has 0 spiro atoms. The van der Waals surface area contributed by atoms with Crippen molar-refractivity contribution in [3.8, 4) is 0 Å². The number of amides is 1. The van der Waals surface area contributed by atoms with Gasteiger partial charge in [-0.05, 0) is 49.9 Å². The lowest BCUT2D eigenvalue weighted by molar-refractivity contribution is 0.0904. The average Bonchev–Trinajstić information content (AvgIpc) is 2.60. The summed E-state index contributed by atoms with van der Waals surface area (Å²) >= 11 is 0. The normalized spacial score (nSPS) is 16.1. The quantitative estimate of drug-likeness (QED) is 0.940. The Hall–Kier alpha value is -2.20. The molecule has 24 heavy (non-hydrogen) atoms. The number of aryl methyl sites for hydroxylation is 2. The molecule has 4 heteroatoms. The molecule has 1 aliphatic heterocycles. The van der Waals surface area contributed by atoms with Crippen LogP contribution in [0.2, 0.25) is 0 Å². The Morgan fingerprint density at radius 3 is 2.71 bits per heavy atom. The summed E-state index contributed by atoms with van der Waals surface area (Å²) < 4.78 is 0. The molecule has 1 fully saturated rings. The third-order valence-corrected chi connectivity index (χ3v) is 4.72. The van der Waals surface area contributed by atoms with Crippen molar-refractivity contribution in [2.75, 3.05) is 13.1 Å². The summed E-state index contributed by atoms with van der Waals surface area (Å²) in [6.07, 6.45) is 3.63. The van der Waals surface area contributed by atoms with E-state index < -0.39 is 0 Å². The first-order chi connectivity index (χ1) is 11.6. The molecule has 0 bridgehead atoms. The minimum Gasteiger partial charge on any atom is -0.348 e. The maximum Gasteiger partial charge on any atom is 0.270 e. The van der Waals surface area contributed by atoms with Crippen LogP contribution in [0.15, 0.2) is 42.6 Å². The standard InChI is InChI=1S/C20H25N3O/c1-15-6-7-16(2)17(13-15)14-23-11-8-18(9-12-23)22-20(24)19-5-3-4-10-21-19/h3-7,10,13,18H,8-9,11-12,14H2,1-2H3,(H,22,24).